The van der Waals surface area contributed by atoms with E-state index >= 15 is 0 Å². The average Bonchev–Trinajstić information content (AvgIpc) is 2.35. The molecule has 0 saturated heterocycles. The molecule has 1 unspecified atom stereocenters. The molecule has 1 atom stereocenters. The van der Waals surface area contributed by atoms with Crippen molar-refractivity contribution in [2.24, 2.45) is 0 Å². The van der Waals surface area contributed by atoms with Gasteiger partial charge in [-0.25, -0.2) is 0 Å². The number of nitrogens with zero attached hydrogens (tertiary/aromatic N) is 1. The number of unbranched alkanes of at least 4 members (excludes halogenated alkanes) is 1. The van der Waals surface area contributed by atoms with Crippen molar-refractivity contribution in [2.75, 3.05) is 20.1 Å². The number of benzene rings is 1. The summed E-state index contributed by atoms with van der Waals surface area (Å²) in [6.45, 7) is 5.55. The summed E-state index contributed by atoms with van der Waals surface area (Å²) in [7, 11) is 2.24. The Morgan fingerprint density at radius 2 is 2.19 bits per heavy atom. The highest BCUT2D eigenvalue weighted by molar-refractivity contribution is 5.32. The highest BCUT2D eigenvalue weighted by atomic mass is 15.2. The molecule has 16 heavy (non-hydrogen) atoms. The molecule has 0 aliphatic carbocycles. The van der Waals surface area contributed by atoms with Gasteiger partial charge in [0.05, 0.1) is 0 Å². The Morgan fingerprint density at radius 1 is 1.38 bits per heavy atom. The van der Waals surface area contributed by atoms with Crippen molar-refractivity contribution < 1.29 is 0 Å². The summed E-state index contributed by atoms with van der Waals surface area (Å²) < 4.78 is 0. The van der Waals surface area contributed by atoms with E-state index in [-0.39, 0.29) is 0 Å². The van der Waals surface area contributed by atoms with Crippen LogP contribution < -0.4 is 5.32 Å². The van der Waals surface area contributed by atoms with E-state index in [1.807, 2.05) is 0 Å². The van der Waals surface area contributed by atoms with Gasteiger partial charge in [0.1, 0.15) is 0 Å². The first-order valence-electron chi connectivity index (χ1n) is 6.31. The smallest absolute Gasteiger partial charge is 0.0472 e. The van der Waals surface area contributed by atoms with E-state index in [1.54, 1.807) is 0 Å². The number of fused-ring (bicyclic) bond motifs is 1. The minimum absolute atomic E-state index is 0.552. The molecule has 2 nitrogen and oxygen atoms in total. The number of likely N-dealkylation sites (N-methyl/N-ethyl adjacent to an activating group) is 1. The Labute approximate surface area is 98.7 Å². The van der Waals surface area contributed by atoms with Crippen LogP contribution in [0.25, 0.3) is 0 Å². The van der Waals surface area contributed by atoms with Crippen molar-refractivity contribution in [3.63, 3.8) is 0 Å². The van der Waals surface area contributed by atoms with E-state index < -0.39 is 0 Å². The second-order valence-corrected chi connectivity index (χ2v) is 4.68. The van der Waals surface area contributed by atoms with Gasteiger partial charge in [-0.15, -0.1) is 0 Å². The number of hydrogen-bond donors (Lipinski definition) is 1. The van der Waals surface area contributed by atoms with Gasteiger partial charge < -0.3 is 5.32 Å². The number of hydrogen-bond acceptors (Lipinski definition) is 2. The molecule has 0 aromatic heterocycles. The van der Waals surface area contributed by atoms with E-state index in [0.717, 1.165) is 13.1 Å². The predicted molar refractivity (Wildman–Crippen MR) is 68.4 cm³/mol. The molecule has 1 aromatic carbocycles. The van der Waals surface area contributed by atoms with Crippen molar-refractivity contribution in [1.29, 1.82) is 0 Å². The molecule has 0 fully saturated rings. The van der Waals surface area contributed by atoms with Crippen LogP contribution in [0, 0.1) is 0 Å². The van der Waals surface area contributed by atoms with Gasteiger partial charge in [0, 0.05) is 19.1 Å². The van der Waals surface area contributed by atoms with Crippen LogP contribution in [-0.4, -0.2) is 25.0 Å². The zero-order valence-electron chi connectivity index (χ0n) is 10.4. The molecule has 0 spiro atoms. The Kier molecular flexibility index (Phi) is 3.97. The third-order valence-corrected chi connectivity index (χ3v) is 3.46. The van der Waals surface area contributed by atoms with Crippen LogP contribution in [0.4, 0.5) is 0 Å². The summed E-state index contributed by atoms with van der Waals surface area (Å²) in [4.78, 5) is 2.48. The maximum Gasteiger partial charge on any atom is 0.0472 e. The van der Waals surface area contributed by atoms with Crippen LogP contribution in [0.1, 0.15) is 36.9 Å². The lowest BCUT2D eigenvalue weighted by Crippen LogP contribution is -2.38. The quantitative estimate of drug-likeness (QED) is 0.835. The fraction of sp³-hybridized carbons (Fsp3) is 0.571. The first-order chi connectivity index (χ1) is 7.83. The SMILES string of the molecule is CCCCN(C)C1CNCc2ccccc21. The summed E-state index contributed by atoms with van der Waals surface area (Å²) in [6, 6.07) is 9.36. The van der Waals surface area contributed by atoms with Crippen molar-refractivity contribution in [3.05, 3.63) is 35.4 Å². The van der Waals surface area contributed by atoms with Gasteiger partial charge in [-0.3, -0.25) is 4.90 Å². The normalized spacial score (nSPS) is 19.8. The van der Waals surface area contributed by atoms with Gasteiger partial charge in [-0.1, -0.05) is 37.6 Å². The highest BCUT2D eigenvalue weighted by Crippen LogP contribution is 2.26. The Morgan fingerprint density at radius 3 is 3.00 bits per heavy atom. The fourth-order valence-corrected chi connectivity index (χ4v) is 2.43. The molecule has 0 amide bonds. The molecule has 1 aromatic rings. The van der Waals surface area contributed by atoms with Gasteiger partial charge in [0.25, 0.3) is 0 Å². The lowest BCUT2D eigenvalue weighted by molar-refractivity contribution is 0.225. The van der Waals surface area contributed by atoms with E-state index in [1.165, 1.54) is 30.5 Å². The largest absolute Gasteiger partial charge is 0.311 e. The van der Waals surface area contributed by atoms with Crippen LogP contribution in [0.3, 0.4) is 0 Å². The van der Waals surface area contributed by atoms with Gasteiger partial charge in [-0.05, 0) is 31.1 Å². The lowest BCUT2D eigenvalue weighted by atomic mass is 9.96. The van der Waals surface area contributed by atoms with E-state index in [4.69, 9.17) is 0 Å². The van der Waals surface area contributed by atoms with Gasteiger partial charge in [-0.2, -0.15) is 0 Å². The fourth-order valence-electron chi connectivity index (χ4n) is 2.43. The highest BCUT2D eigenvalue weighted by Gasteiger charge is 2.22. The minimum Gasteiger partial charge on any atom is -0.311 e. The first-order valence-corrected chi connectivity index (χ1v) is 6.31. The number of nitrogens with one attached hydrogen (secondary N) is 1. The van der Waals surface area contributed by atoms with Crippen molar-refractivity contribution in [3.8, 4) is 0 Å². The third-order valence-electron chi connectivity index (χ3n) is 3.46. The molecule has 0 radical (unpaired) electrons. The molecule has 2 heteroatoms. The maximum absolute atomic E-state index is 3.51. The molecule has 1 aliphatic heterocycles. The average molecular weight is 218 g/mol. The summed E-state index contributed by atoms with van der Waals surface area (Å²) in [5.74, 6) is 0. The molecule has 0 bridgehead atoms. The molecule has 1 aliphatic rings. The second-order valence-electron chi connectivity index (χ2n) is 4.68. The molecular weight excluding hydrogens is 196 g/mol. The standard InChI is InChI=1S/C14H22N2/c1-3-4-9-16(2)14-11-15-10-12-7-5-6-8-13(12)14/h5-8,14-15H,3-4,9-11H2,1-2H3. The summed E-state index contributed by atoms with van der Waals surface area (Å²) in [5, 5.41) is 3.51. The Bertz CT molecular complexity index is 335. The van der Waals surface area contributed by atoms with Gasteiger partial charge >= 0.3 is 0 Å². The van der Waals surface area contributed by atoms with Crippen molar-refractivity contribution >= 4 is 0 Å². The van der Waals surface area contributed by atoms with Crippen molar-refractivity contribution in [2.45, 2.75) is 32.4 Å². The zero-order valence-corrected chi connectivity index (χ0v) is 10.4. The van der Waals surface area contributed by atoms with Crippen LogP contribution in [-0.2, 0) is 6.54 Å². The first kappa shape index (κ1) is 11.6. The van der Waals surface area contributed by atoms with E-state index in [9.17, 15) is 0 Å². The minimum atomic E-state index is 0.552. The molecule has 1 heterocycles. The number of rotatable bonds is 4. The molecule has 88 valence electrons. The van der Waals surface area contributed by atoms with Crippen LogP contribution in [0.2, 0.25) is 0 Å². The van der Waals surface area contributed by atoms with E-state index in [0.29, 0.717) is 6.04 Å². The topological polar surface area (TPSA) is 15.3 Å². The van der Waals surface area contributed by atoms with E-state index in [2.05, 4.69) is 48.5 Å². The van der Waals surface area contributed by atoms with Gasteiger partial charge in [0.2, 0.25) is 0 Å². The Hall–Kier alpha value is -0.860. The van der Waals surface area contributed by atoms with Crippen LogP contribution in [0.15, 0.2) is 24.3 Å². The molecular formula is C14H22N2. The maximum atomic E-state index is 3.51. The van der Waals surface area contributed by atoms with Crippen LogP contribution >= 0.6 is 0 Å². The molecule has 0 saturated carbocycles. The summed E-state index contributed by atoms with van der Waals surface area (Å²) in [5.41, 5.74) is 2.97. The monoisotopic (exact) mass is 218 g/mol. The zero-order chi connectivity index (χ0) is 11.4. The van der Waals surface area contributed by atoms with Crippen molar-refractivity contribution in [1.82, 2.24) is 10.2 Å². The molecule has 1 N–H and O–H groups in total. The predicted octanol–water partition coefficient (Wildman–Crippen LogP) is 2.56. The Balaban J connectivity index is 2.12. The third kappa shape index (κ3) is 2.45. The van der Waals surface area contributed by atoms with Gasteiger partial charge in [0.15, 0.2) is 0 Å². The summed E-state index contributed by atoms with van der Waals surface area (Å²) in [6.07, 6.45) is 2.56. The lowest BCUT2D eigenvalue weighted by Gasteiger charge is -2.33. The summed E-state index contributed by atoms with van der Waals surface area (Å²) >= 11 is 0. The van der Waals surface area contributed by atoms with Crippen LogP contribution in [0.5, 0.6) is 0 Å². The second kappa shape index (κ2) is 5.46. The molecule has 2 rings (SSSR count).